The Morgan fingerprint density at radius 3 is 2.12 bits per heavy atom. The van der Waals surface area contributed by atoms with Crippen LogP contribution in [-0.2, 0) is 10.2 Å². The standard InChI is InChI=1S/C30H30O4/c1-29(2,3)34-28(32)21-11-14-23(15-12-21)33-27(31)22-13-16-26-25(19-22)24(17-18-30(26,4)5)20-9-7-6-8-10-20/h6-17,19H,18H2,1-5H3. The van der Waals surface area contributed by atoms with E-state index < -0.39 is 17.5 Å². The van der Waals surface area contributed by atoms with Crippen molar-refractivity contribution in [2.75, 3.05) is 0 Å². The maximum atomic E-state index is 13.0. The fraction of sp³-hybridized carbons (Fsp3) is 0.267. The highest BCUT2D eigenvalue weighted by molar-refractivity contribution is 5.94. The highest BCUT2D eigenvalue weighted by Crippen LogP contribution is 2.41. The highest BCUT2D eigenvalue weighted by Gasteiger charge is 2.29. The zero-order chi connectivity index (χ0) is 24.5. The molecule has 0 bridgehead atoms. The van der Waals surface area contributed by atoms with E-state index in [-0.39, 0.29) is 5.41 Å². The van der Waals surface area contributed by atoms with E-state index in [1.54, 1.807) is 24.3 Å². The molecule has 0 amide bonds. The Morgan fingerprint density at radius 1 is 0.824 bits per heavy atom. The molecule has 1 aliphatic rings. The second kappa shape index (κ2) is 8.94. The van der Waals surface area contributed by atoms with Gasteiger partial charge in [0, 0.05) is 0 Å². The third-order valence-electron chi connectivity index (χ3n) is 5.88. The highest BCUT2D eigenvalue weighted by atomic mass is 16.6. The number of esters is 2. The van der Waals surface area contributed by atoms with Gasteiger partial charge in [-0.05, 0) is 91.3 Å². The minimum Gasteiger partial charge on any atom is -0.456 e. The first-order valence-electron chi connectivity index (χ1n) is 11.5. The number of carbonyl (C=O) groups excluding carboxylic acids is 2. The third-order valence-corrected chi connectivity index (χ3v) is 5.88. The van der Waals surface area contributed by atoms with Crippen LogP contribution >= 0.6 is 0 Å². The molecule has 0 saturated carbocycles. The van der Waals surface area contributed by atoms with E-state index in [4.69, 9.17) is 9.47 Å². The van der Waals surface area contributed by atoms with Crippen LogP contribution in [-0.4, -0.2) is 17.5 Å². The van der Waals surface area contributed by atoms with E-state index >= 15 is 0 Å². The molecule has 4 heteroatoms. The lowest BCUT2D eigenvalue weighted by Gasteiger charge is -2.32. The Labute approximate surface area is 201 Å². The molecule has 0 heterocycles. The molecule has 3 aromatic carbocycles. The topological polar surface area (TPSA) is 52.6 Å². The number of carbonyl (C=O) groups is 2. The number of allylic oxidation sites excluding steroid dienone is 1. The Bertz CT molecular complexity index is 1240. The van der Waals surface area contributed by atoms with Gasteiger partial charge in [0.1, 0.15) is 11.4 Å². The number of fused-ring (bicyclic) bond motifs is 1. The van der Waals surface area contributed by atoms with Gasteiger partial charge in [-0.25, -0.2) is 9.59 Å². The number of hydrogen-bond donors (Lipinski definition) is 0. The van der Waals surface area contributed by atoms with Crippen molar-refractivity contribution >= 4 is 17.5 Å². The molecule has 3 aromatic rings. The van der Waals surface area contributed by atoms with Crippen molar-refractivity contribution < 1.29 is 19.1 Å². The van der Waals surface area contributed by atoms with E-state index in [1.807, 2.05) is 57.2 Å². The van der Waals surface area contributed by atoms with Crippen LogP contribution in [0, 0.1) is 0 Å². The lowest BCUT2D eigenvalue weighted by Crippen LogP contribution is -2.23. The minimum absolute atomic E-state index is 0.0203. The first kappa shape index (κ1) is 23.5. The molecule has 34 heavy (non-hydrogen) atoms. The van der Waals surface area contributed by atoms with E-state index in [0.717, 1.165) is 23.1 Å². The van der Waals surface area contributed by atoms with Gasteiger partial charge in [0.05, 0.1) is 11.1 Å². The average molecular weight is 455 g/mol. The molecule has 0 aromatic heterocycles. The molecule has 1 aliphatic carbocycles. The van der Waals surface area contributed by atoms with Crippen molar-refractivity contribution in [1.82, 2.24) is 0 Å². The third kappa shape index (κ3) is 5.12. The van der Waals surface area contributed by atoms with Crippen LogP contribution in [0.2, 0.25) is 0 Å². The first-order chi connectivity index (χ1) is 16.0. The first-order valence-corrected chi connectivity index (χ1v) is 11.5. The molecule has 0 spiro atoms. The Balaban J connectivity index is 1.57. The molecule has 0 saturated heterocycles. The van der Waals surface area contributed by atoms with E-state index in [1.165, 1.54) is 5.56 Å². The van der Waals surface area contributed by atoms with Gasteiger partial charge in [0.15, 0.2) is 0 Å². The maximum Gasteiger partial charge on any atom is 0.343 e. The van der Waals surface area contributed by atoms with Gasteiger partial charge in [0.2, 0.25) is 0 Å². The number of rotatable bonds is 4. The average Bonchev–Trinajstić information content (AvgIpc) is 2.79. The van der Waals surface area contributed by atoms with Gasteiger partial charge in [0.25, 0.3) is 0 Å². The summed E-state index contributed by atoms with van der Waals surface area (Å²) in [7, 11) is 0. The molecular weight excluding hydrogens is 424 g/mol. The molecule has 0 atom stereocenters. The van der Waals surface area contributed by atoms with Crippen molar-refractivity contribution in [3.63, 3.8) is 0 Å². The van der Waals surface area contributed by atoms with Gasteiger partial charge in [-0.3, -0.25) is 0 Å². The largest absolute Gasteiger partial charge is 0.456 e. The normalized spacial score (nSPS) is 14.6. The summed E-state index contributed by atoms with van der Waals surface area (Å²) in [5.41, 5.74) is 4.82. The lowest BCUT2D eigenvalue weighted by atomic mass is 9.72. The Hall–Kier alpha value is -3.66. The van der Waals surface area contributed by atoms with Gasteiger partial charge in [-0.15, -0.1) is 0 Å². The summed E-state index contributed by atoms with van der Waals surface area (Å²) in [5.74, 6) is -0.485. The second-order valence-corrected chi connectivity index (χ2v) is 10.2. The summed E-state index contributed by atoms with van der Waals surface area (Å²) in [5, 5.41) is 0. The van der Waals surface area contributed by atoms with Crippen LogP contribution in [0.3, 0.4) is 0 Å². The molecule has 0 aliphatic heterocycles. The molecule has 4 nitrogen and oxygen atoms in total. The zero-order valence-corrected chi connectivity index (χ0v) is 20.3. The molecule has 174 valence electrons. The maximum absolute atomic E-state index is 13.0. The zero-order valence-electron chi connectivity index (χ0n) is 20.3. The van der Waals surface area contributed by atoms with Crippen LogP contribution < -0.4 is 4.74 Å². The summed E-state index contributed by atoms with van der Waals surface area (Å²) >= 11 is 0. The number of hydrogen-bond acceptors (Lipinski definition) is 4. The SMILES string of the molecule is CC(C)(C)OC(=O)c1ccc(OC(=O)c2ccc3c(c2)C(c2ccccc2)=CCC3(C)C)cc1. The predicted molar refractivity (Wildman–Crippen MR) is 134 cm³/mol. The minimum atomic E-state index is -0.573. The van der Waals surface area contributed by atoms with Gasteiger partial charge in [-0.1, -0.05) is 56.3 Å². The van der Waals surface area contributed by atoms with Gasteiger partial charge in [-0.2, -0.15) is 0 Å². The van der Waals surface area contributed by atoms with E-state index in [0.29, 0.717) is 16.9 Å². The van der Waals surface area contributed by atoms with Crippen molar-refractivity contribution in [2.24, 2.45) is 0 Å². The lowest BCUT2D eigenvalue weighted by molar-refractivity contribution is 0.00695. The van der Waals surface area contributed by atoms with Crippen molar-refractivity contribution in [2.45, 2.75) is 52.1 Å². The molecule has 4 rings (SSSR count). The second-order valence-electron chi connectivity index (χ2n) is 10.2. The van der Waals surface area contributed by atoms with Crippen molar-refractivity contribution in [3.8, 4) is 5.75 Å². The predicted octanol–water partition coefficient (Wildman–Crippen LogP) is 6.97. The van der Waals surface area contributed by atoms with E-state index in [2.05, 4.69) is 32.1 Å². The molecule has 0 radical (unpaired) electrons. The Morgan fingerprint density at radius 2 is 1.47 bits per heavy atom. The summed E-state index contributed by atoms with van der Waals surface area (Å²) in [6.07, 6.45) is 3.18. The summed E-state index contributed by atoms with van der Waals surface area (Å²) in [6, 6.07) is 22.4. The molecule has 0 N–H and O–H groups in total. The van der Waals surface area contributed by atoms with Crippen LogP contribution in [0.1, 0.15) is 78.4 Å². The quantitative estimate of drug-likeness (QED) is 0.315. The van der Waals surface area contributed by atoms with Crippen LogP contribution in [0.4, 0.5) is 0 Å². The van der Waals surface area contributed by atoms with Crippen LogP contribution in [0.5, 0.6) is 5.75 Å². The van der Waals surface area contributed by atoms with Crippen LogP contribution in [0.15, 0.2) is 78.9 Å². The van der Waals surface area contributed by atoms with Crippen molar-refractivity contribution in [3.05, 3.63) is 107 Å². The van der Waals surface area contributed by atoms with Gasteiger partial charge < -0.3 is 9.47 Å². The van der Waals surface area contributed by atoms with E-state index in [9.17, 15) is 9.59 Å². The summed E-state index contributed by atoms with van der Waals surface area (Å²) < 4.78 is 11.0. The fourth-order valence-electron chi connectivity index (χ4n) is 4.11. The molecule has 0 unspecified atom stereocenters. The summed E-state index contributed by atoms with van der Waals surface area (Å²) in [4.78, 5) is 25.2. The van der Waals surface area contributed by atoms with Crippen molar-refractivity contribution in [1.29, 1.82) is 0 Å². The Kier molecular flexibility index (Phi) is 6.18. The number of benzene rings is 3. The summed E-state index contributed by atoms with van der Waals surface area (Å²) in [6.45, 7) is 9.89. The van der Waals surface area contributed by atoms with Gasteiger partial charge >= 0.3 is 11.9 Å². The monoisotopic (exact) mass is 454 g/mol. The molecular formula is C30H30O4. The van der Waals surface area contributed by atoms with Crippen LogP contribution in [0.25, 0.3) is 5.57 Å². The smallest absolute Gasteiger partial charge is 0.343 e. The fourth-order valence-corrected chi connectivity index (χ4v) is 4.11. The number of ether oxygens (including phenoxy) is 2. The molecule has 0 fully saturated rings.